The van der Waals surface area contributed by atoms with E-state index in [1.54, 1.807) is 54.5 Å². The van der Waals surface area contributed by atoms with Crippen LogP contribution in [-0.4, -0.2) is 78.8 Å². The van der Waals surface area contributed by atoms with Gasteiger partial charge in [0.25, 0.3) is 5.91 Å². The first-order valence-electron chi connectivity index (χ1n) is 14.9. The van der Waals surface area contributed by atoms with Crippen molar-refractivity contribution < 1.29 is 32.6 Å². The number of methoxy groups -OCH3 is 2. The van der Waals surface area contributed by atoms with Crippen molar-refractivity contribution in [2.24, 2.45) is 11.8 Å². The summed E-state index contributed by atoms with van der Waals surface area (Å²) in [5.74, 6) is -0.548. The number of piperidine rings is 2. The molecule has 2 aliphatic heterocycles. The van der Waals surface area contributed by atoms with Crippen LogP contribution in [0.1, 0.15) is 62.5 Å². The van der Waals surface area contributed by atoms with Gasteiger partial charge in [0.2, 0.25) is 0 Å². The summed E-state index contributed by atoms with van der Waals surface area (Å²) in [5.41, 5.74) is 2.04. The van der Waals surface area contributed by atoms with E-state index in [1.165, 1.54) is 25.4 Å². The minimum atomic E-state index is -1.18. The Morgan fingerprint density at radius 1 is 0.909 bits per heavy atom. The molecule has 2 fully saturated rings. The van der Waals surface area contributed by atoms with Crippen LogP contribution in [0.4, 0.5) is 8.78 Å². The zero-order chi connectivity index (χ0) is 31.2. The Morgan fingerprint density at radius 2 is 1.64 bits per heavy atom. The number of halogens is 2. The van der Waals surface area contributed by atoms with Crippen LogP contribution in [0.3, 0.4) is 0 Å². The van der Waals surface area contributed by atoms with Crippen molar-refractivity contribution in [2.75, 3.05) is 40.4 Å². The summed E-state index contributed by atoms with van der Waals surface area (Å²) in [6.07, 6.45) is 1.92. The molecule has 0 bridgehead atoms. The number of nitrogens with zero attached hydrogens (tertiary/aromatic N) is 3. The number of aromatic nitrogens is 1. The van der Waals surface area contributed by atoms with Crippen molar-refractivity contribution in [3.63, 3.8) is 0 Å². The number of pyridine rings is 1. The number of benzene rings is 2. The molecular formula is C34H37F2N3O5. The third kappa shape index (κ3) is 7.30. The van der Waals surface area contributed by atoms with Crippen molar-refractivity contribution in [1.29, 1.82) is 0 Å². The minimum absolute atomic E-state index is 0.0596. The number of amides is 1. The first-order chi connectivity index (χ1) is 21.2. The predicted octanol–water partition coefficient (Wildman–Crippen LogP) is 5.41. The fourth-order valence-electron chi connectivity index (χ4n) is 5.99. The molecule has 1 aromatic heterocycles. The molecule has 3 aromatic rings. The lowest BCUT2D eigenvalue weighted by Gasteiger charge is -2.34. The Labute approximate surface area is 256 Å². The molecule has 1 amide bonds. The number of rotatable bonds is 10. The summed E-state index contributed by atoms with van der Waals surface area (Å²) in [7, 11) is 2.98. The largest absolute Gasteiger partial charge is 0.497 e. The number of carbonyl (C=O) groups is 3. The van der Waals surface area contributed by atoms with Gasteiger partial charge in [-0.1, -0.05) is 6.07 Å². The van der Waals surface area contributed by atoms with E-state index in [0.29, 0.717) is 62.3 Å². The zero-order valence-corrected chi connectivity index (χ0v) is 25.0. The Kier molecular flexibility index (Phi) is 9.99. The quantitative estimate of drug-likeness (QED) is 0.286. The van der Waals surface area contributed by atoms with E-state index in [9.17, 15) is 18.8 Å². The van der Waals surface area contributed by atoms with E-state index in [1.807, 2.05) is 4.90 Å². The average molecular weight is 606 g/mol. The highest BCUT2D eigenvalue weighted by molar-refractivity contribution is 5.99. The molecule has 44 heavy (non-hydrogen) atoms. The van der Waals surface area contributed by atoms with Gasteiger partial charge < -0.3 is 14.4 Å². The Hall–Kier alpha value is -4.18. The summed E-state index contributed by atoms with van der Waals surface area (Å²) in [6, 6.07) is 14.8. The number of Topliss-reactive ketones (excluding diaryl/α,β-unsaturated/α-hetero) is 2. The van der Waals surface area contributed by atoms with Crippen LogP contribution in [0, 0.1) is 17.7 Å². The lowest BCUT2D eigenvalue weighted by molar-refractivity contribution is 0.0644. The summed E-state index contributed by atoms with van der Waals surface area (Å²) in [5, 5.41) is 0. The standard InChI is InChI=1S/C34H37F2N3O5/c1-43-27-7-4-23(5-8-27)33(41)24-12-15-39(16-13-24)34(42)30-10-6-26(19-37-30)31(40)18-25-11-14-38(21-29(25)36)20-22-3-9-28(35)32(17-22)44-2/h3-10,17,19,24-25,29H,11-16,18,20-21H2,1-2H3/t25?,29-/m1/s1. The van der Waals surface area contributed by atoms with Gasteiger partial charge in [0.05, 0.1) is 14.2 Å². The molecule has 232 valence electrons. The van der Waals surface area contributed by atoms with Gasteiger partial charge in [-0.15, -0.1) is 0 Å². The first-order valence-corrected chi connectivity index (χ1v) is 14.9. The fourth-order valence-corrected chi connectivity index (χ4v) is 5.99. The second kappa shape index (κ2) is 14.1. The topological polar surface area (TPSA) is 89.0 Å². The van der Waals surface area contributed by atoms with E-state index < -0.39 is 17.9 Å². The number of alkyl halides is 1. The minimum Gasteiger partial charge on any atom is -0.497 e. The second-order valence-corrected chi connectivity index (χ2v) is 11.5. The van der Waals surface area contributed by atoms with Crippen LogP contribution in [0.25, 0.3) is 0 Å². The van der Waals surface area contributed by atoms with Gasteiger partial charge in [0.1, 0.15) is 17.6 Å². The number of carbonyl (C=O) groups excluding carboxylic acids is 3. The highest BCUT2D eigenvalue weighted by atomic mass is 19.1. The molecule has 3 heterocycles. The lowest BCUT2D eigenvalue weighted by Crippen LogP contribution is -2.42. The number of likely N-dealkylation sites (tertiary alicyclic amines) is 2. The van der Waals surface area contributed by atoms with Gasteiger partial charge in [0.15, 0.2) is 23.1 Å². The summed E-state index contributed by atoms with van der Waals surface area (Å²) in [4.78, 5) is 46.8. The maximum absolute atomic E-state index is 15.1. The SMILES string of the molecule is COc1ccc(C(=O)C2CCN(C(=O)c3ccc(C(=O)CC4CCN(Cc5ccc(F)c(OC)c5)C[C@H]4F)cn3)CC2)cc1. The highest BCUT2D eigenvalue weighted by Crippen LogP contribution is 2.28. The van der Waals surface area contributed by atoms with Crippen LogP contribution in [-0.2, 0) is 6.54 Å². The molecule has 0 radical (unpaired) electrons. The monoisotopic (exact) mass is 605 g/mol. The third-order valence-corrected chi connectivity index (χ3v) is 8.66. The Balaban J connectivity index is 1.09. The molecular weight excluding hydrogens is 568 g/mol. The van der Waals surface area contributed by atoms with Crippen molar-refractivity contribution in [3.8, 4) is 11.5 Å². The van der Waals surface area contributed by atoms with Crippen molar-refractivity contribution in [2.45, 2.75) is 38.4 Å². The number of hydrogen-bond donors (Lipinski definition) is 0. The van der Waals surface area contributed by atoms with Gasteiger partial charge in [-0.3, -0.25) is 24.3 Å². The van der Waals surface area contributed by atoms with Crippen LogP contribution in [0.2, 0.25) is 0 Å². The van der Waals surface area contributed by atoms with E-state index in [-0.39, 0.29) is 47.8 Å². The summed E-state index contributed by atoms with van der Waals surface area (Å²) < 4.78 is 39.0. The molecule has 0 spiro atoms. The van der Waals surface area contributed by atoms with Crippen molar-refractivity contribution in [1.82, 2.24) is 14.8 Å². The lowest BCUT2D eigenvalue weighted by atomic mass is 9.88. The number of ketones is 2. The number of hydrogen-bond acceptors (Lipinski definition) is 7. The zero-order valence-electron chi connectivity index (χ0n) is 25.0. The van der Waals surface area contributed by atoms with Crippen LogP contribution in [0.5, 0.6) is 11.5 Å². The molecule has 2 aromatic carbocycles. The van der Waals surface area contributed by atoms with Gasteiger partial charge in [-0.05, 0) is 85.8 Å². The van der Waals surface area contributed by atoms with Gasteiger partial charge in [-0.2, -0.15) is 0 Å². The molecule has 0 N–H and O–H groups in total. The van der Waals surface area contributed by atoms with Crippen LogP contribution >= 0.6 is 0 Å². The highest BCUT2D eigenvalue weighted by Gasteiger charge is 2.32. The van der Waals surface area contributed by atoms with Crippen molar-refractivity contribution >= 4 is 17.5 Å². The van der Waals surface area contributed by atoms with Gasteiger partial charge in [0, 0.05) is 55.8 Å². The molecule has 8 nitrogen and oxygen atoms in total. The van der Waals surface area contributed by atoms with Gasteiger partial charge >= 0.3 is 0 Å². The summed E-state index contributed by atoms with van der Waals surface area (Å²) >= 11 is 0. The third-order valence-electron chi connectivity index (χ3n) is 8.66. The van der Waals surface area contributed by atoms with E-state index in [0.717, 1.165) is 5.56 Å². The van der Waals surface area contributed by atoms with Crippen molar-refractivity contribution in [3.05, 3.63) is 89.0 Å². The predicted molar refractivity (Wildman–Crippen MR) is 160 cm³/mol. The number of ether oxygens (including phenoxy) is 2. The molecule has 2 aliphatic rings. The Bertz CT molecular complexity index is 1470. The molecule has 1 unspecified atom stereocenters. The fraction of sp³-hybridized carbons (Fsp3) is 0.412. The molecule has 10 heteroatoms. The van der Waals surface area contributed by atoms with E-state index in [4.69, 9.17) is 9.47 Å². The molecule has 5 rings (SSSR count). The smallest absolute Gasteiger partial charge is 0.272 e. The maximum atomic E-state index is 15.1. The van der Waals surface area contributed by atoms with Crippen LogP contribution in [0.15, 0.2) is 60.8 Å². The normalized spacial score (nSPS) is 19.4. The molecule has 2 atom stereocenters. The molecule has 2 saturated heterocycles. The van der Waals surface area contributed by atoms with E-state index in [2.05, 4.69) is 4.98 Å². The second-order valence-electron chi connectivity index (χ2n) is 11.5. The van der Waals surface area contributed by atoms with Gasteiger partial charge in [-0.25, -0.2) is 8.78 Å². The maximum Gasteiger partial charge on any atom is 0.272 e. The van der Waals surface area contributed by atoms with E-state index >= 15 is 4.39 Å². The first kappa shape index (κ1) is 31.3. The Morgan fingerprint density at radius 3 is 2.27 bits per heavy atom. The average Bonchev–Trinajstić information content (AvgIpc) is 3.06. The van der Waals surface area contributed by atoms with Crippen LogP contribution < -0.4 is 9.47 Å². The molecule has 0 saturated carbocycles. The summed E-state index contributed by atoms with van der Waals surface area (Å²) in [6.45, 7) is 2.16. The molecule has 0 aliphatic carbocycles.